The van der Waals surface area contributed by atoms with Crippen LogP contribution in [0.4, 0.5) is 5.69 Å². The Morgan fingerprint density at radius 3 is 2.93 bits per heavy atom. The number of benzene rings is 1. The minimum atomic E-state index is 0.175. The molecule has 1 aliphatic carbocycles. The highest BCUT2D eigenvalue weighted by molar-refractivity contribution is 7.99. The molecule has 0 spiro atoms. The highest BCUT2D eigenvalue weighted by Crippen LogP contribution is 2.31. The molecule has 1 aromatic heterocycles. The summed E-state index contributed by atoms with van der Waals surface area (Å²) in [7, 11) is 0. The fourth-order valence-corrected chi connectivity index (χ4v) is 4.80. The molecule has 0 saturated carbocycles. The maximum atomic E-state index is 12.9. The molecule has 5 heteroatoms. The Balaban J connectivity index is 1.50. The molecule has 27 heavy (non-hydrogen) atoms. The molecule has 2 aromatic rings. The van der Waals surface area contributed by atoms with Gasteiger partial charge in [-0.1, -0.05) is 47.7 Å². The van der Waals surface area contributed by atoms with E-state index in [1.807, 2.05) is 17.2 Å². The molecule has 1 aromatic carbocycles. The number of para-hydroxylation sites is 1. The van der Waals surface area contributed by atoms with Gasteiger partial charge in [-0.2, -0.15) is 0 Å². The molecule has 0 N–H and O–H groups in total. The average molecular weight is 380 g/mol. The molecule has 0 radical (unpaired) electrons. The van der Waals surface area contributed by atoms with Gasteiger partial charge in [0.15, 0.2) is 0 Å². The summed E-state index contributed by atoms with van der Waals surface area (Å²) in [5.74, 6) is 1.63. The SMILES string of the molecule is CCn1c(SCC(=O)N2CCCc3ccccc32)cnc1C1=C(C)CC=C1. The van der Waals surface area contributed by atoms with E-state index in [1.165, 1.54) is 16.7 Å². The van der Waals surface area contributed by atoms with Crippen LogP contribution in [0.1, 0.15) is 38.1 Å². The lowest BCUT2D eigenvalue weighted by Gasteiger charge is -2.29. The number of imidazole rings is 1. The van der Waals surface area contributed by atoms with E-state index in [0.717, 1.165) is 48.9 Å². The smallest absolute Gasteiger partial charge is 0.237 e. The number of hydrogen-bond donors (Lipinski definition) is 0. The quantitative estimate of drug-likeness (QED) is 0.706. The van der Waals surface area contributed by atoms with E-state index in [1.54, 1.807) is 11.8 Å². The minimum Gasteiger partial charge on any atom is -0.319 e. The summed E-state index contributed by atoms with van der Waals surface area (Å²) < 4.78 is 2.22. The van der Waals surface area contributed by atoms with E-state index in [9.17, 15) is 4.79 Å². The number of hydrogen-bond acceptors (Lipinski definition) is 3. The molecule has 0 bridgehead atoms. The fourth-order valence-electron chi connectivity index (χ4n) is 3.87. The lowest BCUT2D eigenvalue weighted by molar-refractivity contribution is -0.116. The van der Waals surface area contributed by atoms with Crippen LogP contribution < -0.4 is 4.90 Å². The van der Waals surface area contributed by atoms with E-state index in [0.29, 0.717) is 5.75 Å². The third-order valence-corrected chi connectivity index (χ3v) is 6.31. The summed E-state index contributed by atoms with van der Waals surface area (Å²) in [6.45, 7) is 5.95. The number of nitrogens with zero attached hydrogens (tertiary/aromatic N) is 3. The number of amides is 1. The second-order valence-electron chi connectivity index (χ2n) is 7.03. The van der Waals surface area contributed by atoms with Gasteiger partial charge in [-0.15, -0.1) is 0 Å². The molecule has 2 aliphatic rings. The number of rotatable bonds is 5. The molecule has 140 valence electrons. The molecule has 1 aliphatic heterocycles. The van der Waals surface area contributed by atoms with E-state index < -0.39 is 0 Å². The fraction of sp³-hybridized carbons (Fsp3) is 0.364. The van der Waals surface area contributed by atoms with Crippen molar-refractivity contribution in [2.24, 2.45) is 0 Å². The van der Waals surface area contributed by atoms with Crippen molar-refractivity contribution >= 4 is 28.9 Å². The number of fused-ring (bicyclic) bond motifs is 1. The largest absolute Gasteiger partial charge is 0.319 e. The summed E-state index contributed by atoms with van der Waals surface area (Å²) in [6.07, 6.45) is 9.34. The Hall–Kier alpha value is -2.27. The van der Waals surface area contributed by atoms with E-state index in [2.05, 4.69) is 53.7 Å². The van der Waals surface area contributed by atoms with Gasteiger partial charge >= 0.3 is 0 Å². The summed E-state index contributed by atoms with van der Waals surface area (Å²) >= 11 is 1.59. The standard InChI is InChI=1S/C22H25N3OS/c1-3-24-21(14-23-22(24)18-11-6-8-16(18)2)27-15-20(26)25-13-7-10-17-9-4-5-12-19(17)25/h4-6,9,11-12,14H,3,7-8,10,13,15H2,1-2H3. The number of carbonyl (C=O) groups is 1. The van der Waals surface area contributed by atoms with Gasteiger partial charge in [-0.05, 0) is 44.7 Å². The van der Waals surface area contributed by atoms with Gasteiger partial charge in [-0.3, -0.25) is 4.79 Å². The van der Waals surface area contributed by atoms with Crippen LogP contribution in [-0.4, -0.2) is 27.8 Å². The van der Waals surface area contributed by atoms with Crippen molar-refractivity contribution in [2.75, 3.05) is 17.2 Å². The molecular formula is C22H25N3OS. The average Bonchev–Trinajstić information content (AvgIpc) is 3.30. The van der Waals surface area contributed by atoms with E-state index >= 15 is 0 Å². The lowest BCUT2D eigenvalue weighted by Crippen LogP contribution is -2.36. The molecule has 0 unspecified atom stereocenters. The first kappa shape index (κ1) is 18.1. The second kappa shape index (κ2) is 7.77. The highest BCUT2D eigenvalue weighted by Gasteiger charge is 2.23. The second-order valence-corrected chi connectivity index (χ2v) is 8.03. The van der Waals surface area contributed by atoms with Crippen molar-refractivity contribution in [1.29, 1.82) is 0 Å². The zero-order valence-corrected chi connectivity index (χ0v) is 16.8. The summed E-state index contributed by atoms with van der Waals surface area (Å²) in [5, 5.41) is 1.06. The van der Waals surface area contributed by atoms with Crippen molar-refractivity contribution in [3.8, 4) is 0 Å². The van der Waals surface area contributed by atoms with Crippen molar-refractivity contribution in [3.05, 3.63) is 59.6 Å². The topological polar surface area (TPSA) is 38.1 Å². The number of carbonyl (C=O) groups excluding carboxylic acids is 1. The third-order valence-electron chi connectivity index (χ3n) is 5.30. The molecule has 2 heterocycles. The molecule has 4 rings (SSSR count). The molecular weight excluding hydrogens is 354 g/mol. The number of anilines is 1. The minimum absolute atomic E-state index is 0.175. The predicted octanol–water partition coefficient (Wildman–Crippen LogP) is 4.71. The Labute approximate surface area is 165 Å². The van der Waals surface area contributed by atoms with Gasteiger partial charge in [0.05, 0.1) is 17.0 Å². The third kappa shape index (κ3) is 3.48. The van der Waals surface area contributed by atoms with E-state index in [-0.39, 0.29) is 5.91 Å². The summed E-state index contributed by atoms with van der Waals surface area (Å²) in [6, 6.07) is 8.26. The Kier molecular flexibility index (Phi) is 5.21. The maximum absolute atomic E-state index is 12.9. The van der Waals surface area contributed by atoms with Crippen LogP contribution in [-0.2, 0) is 17.8 Å². The van der Waals surface area contributed by atoms with Crippen molar-refractivity contribution in [1.82, 2.24) is 9.55 Å². The van der Waals surface area contributed by atoms with Crippen molar-refractivity contribution in [2.45, 2.75) is 44.7 Å². The molecule has 4 nitrogen and oxygen atoms in total. The van der Waals surface area contributed by atoms with Gasteiger partial charge < -0.3 is 9.47 Å². The number of allylic oxidation sites excluding steroid dienone is 4. The molecule has 0 saturated heterocycles. The number of thioether (sulfide) groups is 1. The zero-order chi connectivity index (χ0) is 18.8. The van der Waals surface area contributed by atoms with Crippen molar-refractivity contribution in [3.63, 3.8) is 0 Å². The first-order valence-electron chi connectivity index (χ1n) is 9.62. The highest BCUT2D eigenvalue weighted by atomic mass is 32.2. The lowest BCUT2D eigenvalue weighted by atomic mass is 10.0. The Morgan fingerprint density at radius 2 is 2.15 bits per heavy atom. The maximum Gasteiger partial charge on any atom is 0.237 e. The molecule has 0 atom stereocenters. The number of aromatic nitrogens is 2. The van der Waals surface area contributed by atoms with Gasteiger partial charge in [-0.25, -0.2) is 4.98 Å². The predicted molar refractivity (Wildman–Crippen MR) is 112 cm³/mol. The Bertz CT molecular complexity index is 925. The van der Waals surface area contributed by atoms with Gasteiger partial charge in [0.1, 0.15) is 5.82 Å². The summed E-state index contributed by atoms with van der Waals surface area (Å²) in [5.41, 5.74) is 4.93. The van der Waals surface area contributed by atoms with E-state index in [4.69, 9.17) is 0 Å². The Morgan fingerprint density at radius 1 is 1.30 bits per heavy atom. The van der Waals surface area contributed by atoms with Crippen LogP contribution >= 0.6 is 11.8 Å². The van der Waals surface area contributed by atoms with Crippen LogP contribution in [0.15, 0.2) is 53.2 Å². The normalized spacial score (nSPS) is 16.1. The van der Waals surface area contributed by atoms with Gasteiger partial charge in [0.2, 0.25) is 5.91 Å². The van der Waals surface area contributed by atoms with Crippen LogP contribution in [0.5, 0.6) is 0 Å². The monoisotopic (exact) mass is 379 g/mol. The van der Waals surface area contributed by atoms with Crippen molar-refractivity contribution < 1.29 is 4.79 Å². The first-order chi connectivity index (χ1) is 13.2. The van der Waals surface area contributed by atoms with Gasteiger partial charge in [0.25, 0.3) is 0 Å². The van der Waals surface area contributed by atoms with Crippen LogP contribution in [0.2, 0.25) is 0 Å². The van der Waals surface area contributed by atoms with Gasteiger partial charge in [0, 0.05) is 24.4 Å². The summed E-state index contributed by atoms with van der Waals surface area (Å²) in [4.78, 5) is 19.5. The number of aryl methyl sites for hydroxylation is 1. The molecule has 0 fully saturated rings. The first-order valence-corrected chi connectivity index (χ1v) is 10.6. The van der Waals surface area contributed by atoms with Crippen LogP contribution in [0, 0.1) is 0 Å². The molecule has 1 amide bonds. The van der Waals surface area contributed by atoms with Crippen LogP contribution in [0.3, 0.4) is 0 Å². The van der Waals surface area contributed by atoms with Crippen LogP contribution in [0.25, 0.3) is 5.57 Å². The zero-order valence-electron chi connectivity index (χ0n) is 15.9.